The lowest BCUT2D eigenvalue weighted by Gasteiger charge is -2.25. The van der Waals surface area contributed by atoms with E-state index in [2.05, 4.69) is 0 Å². The molecule has 1 amide bonds. The van der Waals surface area contributed by atoms with Crippen LogP contribution in [0.3, 0.4) is 0 Å². The lowest BCUT2D eigenvalue weighted by Crippen LogP contribution is -2.30. The molecule has 1 aliphatic heterocycles. The summed E-state index contributed by atoms with van der Waals surface area (Å²) in [6.45, 7) is 1.91. The number of nitrogens with zero attached hydrogens (tertiary/aromatic N) is 1. The molecule has 1 aliphatic rings. The molecule has 0 fully saturated rings. The molecule has 3 heterocycles. The molecule has 0 radical (unpaired) electrons. The summed E-state index contributed by atoms with van der Waals surface area (Å²) in [5.74, 6) is 0.211. The third kappa shape index (κ3) is 3.82. The van der Waals surface area contributed by atoms with Gasteiger partial charge in [-0.05, 0) is 48.9 Å². The molecule has 35 heavy (non-hydrogen) atoms. The topological polar surface area (TPSA) is 102 Å². The van der Waals surface area contributed by atoms with Gasteiger partial charge >= 0.3 is 0 Å². The highest BCUT2D eigenvalue weighted by atomic mass is 16.5. The van der Waals surface area contributed by atoms with Crippen LogP contribution in [-0.4, -0.2) is 35.9 Å². The van der Waals surface area contributed by atoms with Crippen molar-refractivity contribution in [1.29, 1.82) is 0 Å². The Labute approximate surface area is 201 Å². The summed E-state index contributed by atoms with van der Waals surface area (Å²) < 4.78 is 22.2. The Bertz CT molecular complexity index is 1460. The maximum atomic E-state index is 13.7. The number of carbonyl (C=O) groups is 2. The fourth-order valence-corrected chi connectivity index (χ4v) is 4.31. The molecule has 1 atom stereocenters. The number of aliphatic hydroxyl groups excluding tert-OH is 1. The maximum absolute atomic E-state index is 13.7. The van der Waals surface area contributed by atoms with Gasteiger partial charge in [-0.25, -0.2) is 0 Å². The normalized spacial score (nSPS) is 15.8. The van der Waals surface area contributed by atoms with E-state index in [1.165, 1.54) is 12.0 Å². The average molecular weight is 473 g/mol. The summed E-state index contributed by atoms with van der Waals surface area (Å²) in [6, 6.07) is 16.6. The third-order valence-corrected chi connectivity index (χ3v) is 6.04. The number of Topliss-reactive ketones (excluding diaryl/α,β-unsaturated/α-hetero) is 1. The fraction of sp³-hybridized carbons (Fsp3) is 0.185. The van der Waals surface area contributed by atoms with Crippen LogP contribution in [0.1, 0.15) is 33.7 Å². The van der Waals surface area contributed by atoms with Gasteiger partial charge in [0, 0.05) is 11.9 Å². The first-order valence-electron chi connectivity index (χ1n) is 11.0. The Kier molecular flexibility index (Phi) is 5.56. The van der Waals surface area contributed by atoms with Crippen LogP contribution < -0.4 is 9.47 Å². The van der Waals surface area contributed by atoms with Crippen LogP contribution in [0.2, 0.25) is 0 Å². The number of aryl methyl sites for hydroxylation is 1. The van der Waals surface area contributed by atoms with E-state index < -0.39 is 23.5 Å². The van der Waals surface area contributed by atoms with Crippen molar-refractivity contribution in [3.8, 4) is 11.5 Å². The van der Waals surface area contributed by atoms with Gasteiger partial charge in [0.05, 0.1) is 19.8 Å². The second-order valence-corrected chi connectivity index (χ2v) is 8.21. The summed E-state index contributed by atoms with van der Waals surface area (Å²) in [7, 11) is 3.08. The zero-order valence-electron chi connectivity index (χ0n) is 19.4. The van der Waals surface area contributed by atoms with E-state index in [4.69, 9.17) is 18.3 Å². The second-order valence-electron chi connectivity index (χ2n) is 8.21. The Morgan fingerprint density at radius 2 is 1.80 bits per heavy atom. The highest BCUT2D eigenvalue weighted by Gasteiger charge is 2.46. The van der Waals surface area contributed by atoms with E-state index in [1.807, 2.05) is 12.1 Å². The Morgan fingerprint density at radius 1 is 1.03 bits per heavy atom. The molecule has 0 spiro atoms. The van der Waals surface area contributed by atoms with Crippen molar-refractivity contribution in [2.24, 2.45) is 0 Å². The molecule has 178 valence electrons. The van der Waals surface area contributed by atoms with E-state index in [-0.39, 0.29) is 17.9 Å². The van der Waals surface area contributed by atoms with Crippen LogP contribution in [0.25, 0.3) is 11.0 Å². The number of rotatable bonds is 7. The quantitative estimate of drug-likeness (QED) is 0.371. The van der Waals surface area contributed by atoms with Crippen LogP contribution in [0.4, 0.5) is 0 Å². The van der Waals surface area contributed by atoms with Gasteiger partial charge in [-0.2, -0.15) is 0 Å². The number of fused-ring (bicyclic) bond motifs is 1. The molecule has 8 heteroatoms. The summed E-state index contributed by atoms with van der Waals surface area (Å²) in [6.07, 6.45) is 0. The number of para-hydroxylation sites is 1. The van der Waals surface area contributed by atoms with Crippen molar-refractivity contribution in [3.63, 3.8) is 0 Å². The number of carbonyl (C=O) groups excluding carboxylic acids is 2. The van der Waals surface area contributed by atoms with E-state index in [0.717, 1.165) is 5.56 Å². The van der Waals surface area contributed by atoms with Gasteiger partial charge in [-0.15, -0.1) is 0 Å². The molecule has 1 unspecified atom stereocenters. The number of aliphatic hydroxyl groups is 1. The first kappa shape index (κ1) is 22.3. The molecule has 2 aromatic heterocycles. The SMILES string of the molecule is COc1ccc(CN2C(=O)C(O)=C(C(=O)c3cc4cccc(OC)c4o3)C2c2ccc(C)o2)cc1. The first-order chi connectivity index (χ1) is 16.9. The summed E-state index contributed by atoms with van der Waals surface area (Å²) in [5.41, 5.74) is 1.10. The van der Waals surface area contributed by atoms with Crippen LogP contribution in [0, 0.1) is 6.92 Å². The van der Waals surface area contributed by atoms with Crippen LogP contribution in [0.15, 0.2) is 80.8 Å². The predicted octanol–water partition coefficient (Wildman–Crippen LogP) is 5.13. The predicted molar refractivity (Wildman–Crippen MR) is 126 cm³/mol. The summed E-state index contributed by atoms with van der Waals surface area (Å²) in [4.78, 5) is 28.3. The van der Waals surface area contributed by atoms with Crippen molar-refractivity contribution in [2.45, 2.75) is 19.5 Å². The Morgan fingerprint density at radius 3 is 2.46 bits per heavy atom. The minimum absolute atomic E-state index is 0.0153. The molecular weight excluding hydrogens is 450 g/mol. The van der Waals surface area contributed by atoms with Gasteiger partial charge in [0.1, 0.15) is 23.3 Å². The van der Waals surface area contributed by atoms with E-state index >= 15 is 0 Å². The lowest BCUT2D eigenvalue weighted by atomic mass is 9.99. The number of furan rings is 2. The number of hydrogen-bond acceptors (Lipinski definition) is 7. The molecular formula is C27H23NO7. The molecule has 0 saturated carbocycles. The van der Waals surface area contributed by atoms with Crippen LogP contribution >= 0.6 is 0 Å². The van der Waals surface area contributed by atoms with Gasteiger partial charge in [-0.1, -0.05) is 24.3 Å². The Balaban J connectivity index is 1.56. The molecule has 8 nitrogen and oxygen atoms in total. The van der Waals surface area contributed by atoms with Gasteiger partial charge in [0.15, 0.2) is 22.9 Å². The van der Waals surface area contributed by atoms with Crippen LogP contribution in [-0.2, 0) is 11.3 Å². The summed E-state index contributed by atoms with van der Waals surface area (Å²) >= 11 is 0. The standard InChI is InChI=1S/C27H23NO7/c1-15-7-12-19(34-15)23-22(24(29)21-13-17-5-4-6-20(33-3)26(17)35-21)25(30)27(31)28(23)14-16-8-10-18(32-2)11-9-16/h4-13,23,30H,14H2,1-3H3. The molecule has 2 aromatic carbocycles. The zero-order chi connectivity index (χ0) is 24.7. The van der Waals surface area contributed by atoms with Gasteiger partial charge in [0.2, 0.25) is 5.78 Å². The first-order valence-corrected chi connectivity index (χ1v) is 11.0. The monoisotopic (exact) mass is 473 g/mol. The van der Waals surface area contributed by atoms with Gasteiger partial charge < -0.3 is 28.3 Å². The number of ketones is 1. The smallest absolute Gasteiger partial charge is 0.290 e. The van der Waals surface area contributed by atoms with Gasteiger partial charge in [-0.3, -0.25) is 9.59 Å². The van der Waals surface area contributed by atoms with Crippen molar-refractivity contribution in [2.75, 3.05) is 14.2 Å². The van der Waals surface area contributed by atoms with Crippen molar-refractivity contribution < 1.29 is 33.0 Å². The second kappa shape index (κ2) is 8.72. The molecule has 5 rings (SSSR count). The molecule has 1 N–H and O–H groups in total. The highest BCUT2D eigenvalue weighted by Crippen LogP contribution is 2.41. The molecule has 4 aromatic rings. The van der Waals surface area contributed by atoms with E-state index in [0.29, 0.717) is 34.0 Å². The Hall–Kier alpha value is -4.46. The summed E-state index contributed by atoms with van der Waals surface area (Å²) in [5, 5.41) is 11.5. The zero-order valence-corrected chi connectivity index (χ0v) is 19.4. The number of methoxy groups -OCH3 is 2. The molecule has 0 saturated heterocycles. The lowest BCUT2D eigenvalue weighted by molar-refractivity contribution is -0.130. The van der Waals surface area contributed by atoms with Crippen molar-refractivity contribution in [3.05, 3.63) is 94.8 Å². The fourth-order valence-electron chi connectivity index (χ4n) is 4.31. The van der Waals surface area contributed by atoms with Crippen LogP contribution in [0.5, 0.6) is 11.5 Å². The highest BCUT2D eigenvalue weighted by molar-refractivity contribution is 6.16. The number of benzene rings is 2. The maximum Gasteiger partial charge on any atom is 0.290 e. The van der Waals surface area contributed by atoms with E-state index in [9.17, 15) is 14.7 Å². The largest absolute Gasteiger partial charge is 0.503 e. The molecule has 0 aliphatic carbocycles. The van der Waals surface area contributed by atoms with Gasteiger partial charge in [0.25, 0.3) is 5.91 Å². The number of amides is 1. The van der Waals surface area contributed by atoms with Crippen molar-refractivity contribution >= 4 is 22.7 Å². The number of ether oxygens (including phenoxy) is 2. The van der Waals surface area contributed by atoms with Crippen molar-refractivity contribution in [1.82, 2.24) is 4.90 Å². The average Bonchev–Trinajstić information content (AvgIpc) is 3.56. The molecule has 0 bridgehead atoms. The minimum Gasteiger partial charge on any atom is -0.503 e. The number of hydrogen-bond donors (Lipinski definition) is 1. The van der Waals surface area contributed by atoms with E-state index in [1.54, 1.807) is 62.6 Å². The minimum atomic E-state index is -0.930. The third-order valence-electron chi connectivity index (χ3n) is 6.04.